The molecule has 1 N–H and O–H groups in total. The first-order valence-electron chi connectivity index (χ1n) is 9.54. The standard InChI is InChI=1S/C22H23N3O2/c1-14-6-7-15(2)18(11-14)25-22-17(5-3-4-10-23-22)21(24-25)16-8-9-19-20(12-16)27-13-26-19/h6-9,11-12,23H,3-5,10,13H2,1-2H3. The molecule has 1 aromatic heterocycles. The Morgan fingerprint density at radius 3 is 2.81 bits per heavy atom. The summed E-state index contributed by atoms with van der Waals surface area (Å²) in [7, 11) is 0. The van der Waals surface area contributed by atoms with Crippen LogP contribution < -0.4 is 14.8 Å². The van der Waals surface area contributed by atoms with Gasteiger partial charge in [0.05, 0.1) is 11.4 Å². The van der Waals surface area contributed by atoms with Gasteiger partial charge in [-0.3, -0.25) is 0 Å². The van der Waals surface area contributed by atoms with Crippen molar-refractivity contribution in [1.82, 2.24) is 9.78 Å². The summed E-state index contributed by atoms with van der Waals surface area (Å²) in [4.78, 5) is 0. The summed E-state index contributed by atoms with van der Waals surface area (Å²) < 4.78 is 13.1. The molecule has 0 bridgehead atoms. The molecule has 3 heterocycles. The summed E-state index contributed by atoms with van der Waals surface area (Å²) >= 11 is 0. The molecule has 2 aromatic carbocycles. The maximum absolute atomic E-state index is 5.58. The SMILES string of the molecule is Cc1ccc(C)c(-n2nc(-c3ccc4c(c3)OCO4)c3c2NCCCC3)c1. The van der Waals surface area contributed by atoms with E-state index in [4.69, 9.17) is 14.6 Å². The van der Waals surface area contributed by atoms with E-state index in [1.165, 1.54) is 23.1 Å². The number of ether oxygens (including phenoxy) is 2. The molecule has 5 heteroatoms. The van der Waals surface area contributed by atoms with Crippen LogP contribution in [0.5, 0.6) is 11.5 Å². The molecule has 0 saturated carbocycles. The number of nitrogens with zero attached hydrogens (tertiary/aromatic N) is 2. The predicted molar refractivity (Wildman–Crippen MR) is 106 cm³/mol. The highest BCUT2D eigenvalue weighted by molar-refractivity contribution is 5.73. The zero-order valence-electron chi connectivity index (χ0n) is 15.7. The highest BCUT2D eigenvalue weighted by Crippen LogP contribution is 2.39. The van der Waals surface area contributed by atoms with Crippen LogP contribution in [0.2, 0.25) is 0 Å². The largest absolute Gasteiger partial charge is 0.454 e. The average Bonchev–Trinajstić information content (AvgIpc) is 3.20. The fourth-order valence-electron chi connectivity index (χ4n) is 3.90. The van der Waals surface area contributed by atoms with Gasteiger partial charge in [0.25, 0.3) is 0 Å². The summed E-state index contributed by atoms with van der Waals surface area (Å²) in [6.45, 7) is 5.52. The molecular weight excluding hydrogens is 338 g/mol. The van der Waals surface area contributed by atoms with Crippen molar-refractivity contribution < 1.29 is 9.47 Å². The Morgan fingerprint density at radius 2 is 1.89 bits per heavy atom. The molecule has 138 valence electrons. The van der Waals surface area contributed by atoms with Crippen LogP contribution in [0.25, 0.3) is 16.9 Å². The van der Waals surface area contributed by atoms with Gasteiger partial charge >= 0.3 is 0 Å². The van der Waals surface area contributed by atoms with Crippen molar-refractivity contribution in [2.45, 2.75) is 33.1 Å². The van der Waals surface area contributed by atoms with Crippen LogP contribution in [0.4, 0.5) is 5.82 Å². The van der Waals surface area contributed by atoms with Crippen LogP contribution in [0.1, 0.15) is 29.5 Å². The van der Waals surface area contributed by atoms with E-state index in [0.717, 1.165) is 53.6 Å². The Bertz CT molecular complexity index is 1020. The van der Waals surface area contributed by atoms with Crippen LogP contribution in [-0.4, -0.2) is 23.1 Å². The maximum atomic E-state index is 5.58. The van der Waals surface area contributed by atoms with Gasteiger partial charge in [0.1, 0.15) is 5.82 Å². The van der Waals surface area contributed by atoms with Crippen molar-refractivity contribution in [2.24, 2.45) is 0 Å². The Labute approximate surface area is 158 Å². The van der Waals surface area contributed by atoms with Gasteiger partial charge in [-0.1, -0.05) is 12.1 Å². The van der Waals surface area contributed by atoms with Crippen molar-refractivity contribution in [2.75, 3.05) is 18.7 Å². The number of rotatable bonds is 2. The molecule has 2 aliphatic rings. The van der Waals surface area contributed by atoms with Crippen molar-refractivity contribution in [3.05, 3.63) is 53.1 Å². The summed E-state index contributed by atoms with van der Waals surface area (Å²) in [6.07, 6.45) is 3.36. The van der Waals surface area contributed by atoms with Gasteiger partial charge in [-0.25, -0.2) is 4.68 Å². The van der Waals surface area contributed by atoms with E-state index in [9.17, 15) is 0 Å². The first-order valence-corrected chi connectivity index (χ1v) is 9.54. The van der Waals surface area contributed by atoms with Gasteiger partial charge in [-0.05, 0) is 68.5 Å². The number of fused-ring (bicyclic) bond motifs is 2. The molecule has 0 unspecified atom stereocenters. The van der Waals surface area contributed by atoms with Crippen LogP contribution in [0.15, 0.2) is 36.4 Å². The highest BCUT2D eigenvalue weighted by atomic mass is 16.7. The van der Waals surface area contributed by atoms with E-state index in [-0.39, 0.29) is 6.79 Å². The van der Waals surface area contributed by atoms with E-state index in [1.807, 2.05) is 12.1 Å². The van der Waals surface area contributed by atoms with Gasteiger partial charge in [-0.2, -0.15) is 5.10 Å². The van der Waals surface area contributed by atoms with Gasteiger partial charge in [-0.15, -0.1) is 0 Å². The summed E-state index contributed by atoms with van der Waals surface area (Å²) in [6, 6.07) is 12.6. The summed E-state index contributed by atoms with van der Waals surface area (Å²) in [5, 5.41) is 8.69. The van der Waals surface area contributed by atoms with Crippen molar-refractivity contribution >= 4 is 5.82 Å². The lowest BCUT2D eigenvalue weighted by molar-refractivity contribution is 0.174. The minimum Gasteiger partial charge on any atom is -0.454 e. The van der Waals surface area contributed by atoms with E-state index in [1.54, 1.807) is 0 Å². The zero-order chi connectivity index (χ0) is 18.4. The molecule has 5 rings (SSSR count). The smallest absolute Gasteiger partial charge is 0.231 e. The predicted octanol–water partition coefficient (Wildman–Crippen LogP) is 4.63. The Hall–Kier alpha value is -2.95. The molecule has 3 aromatic rings. The Balaban J connectivity index is 1.70. The molecule has 2 aliphatic heterocycles. The molecule has 5 nitrogen and oxygen atoms in total. The highest BCUT2D eigenvalue weighted by Gasteiger charge is 2.24. The lowest BCUT2D eigenvalue weighted by atomic mass is 10.0. The van der Waals surface area contributed by atoms with Crippen LogP contribution in [-0.2, 0) is 6.42 Å². The number of aryl methyl sites for hydroxylation is 2. The fraction of sp³-hybridized carbons (Fsp3) is 0.318. The normalized spacial score (nSPS) is 15.2. The van der Waals surface area contributed by atoms with Crippen LogP contribution in [0, 0.1) is 13.8 Å². The molecule has 0 fully saturated rings. The maximum Gasteiger partial charge on any atom is 0.231 e. The Morgan fingerprint density at radius 1 is 1.00 bits per heavy atom. The molecule has 0 saturated heterocycles. The van der Waals surface area contributed by atoms with E-state index < -0.39 is 0 Å². The third-order valence-electron chi connectivity index (χ3n) is 5.37. The molecule has 0 spiro atoms. The number of nitrogens with one attached hydrogen (secondary N) is 1. The number of benzene rings is 2. The Kier molecular flexibility index (Phi) is 3.81. The van der Waals surface area contributed by atoms with Gasteiger partial charge in [0, 0.05) is 17.7 Å². The molecule has 0 amide bonds. The second-order valence-electron chi connectivity index (χ2n) is 7.33. The number of anilines is 1. The van der Waals surface area contributed by atoms with Crippen LogP contribution in [0.3, 0.4) is 0 Å². The zero-order valence-corrected chi connectivity index (χ0v) is 15.7. The second-order valence-corrected chi connectivity index (χ2v) is 7.33. The monoisotopic (exact) mass is 361 g/mol. The molecule has 0 atom stereocenters. The van der Waals surface area contributed by atoms with Gasteiger partial charge < -0.3 is 14.8 Å². The minimum atomic E-state index is 0.287. The third kappa shape index (κ3) is 2.74. The second kappa shape index (κ2) is 6.34. The first-order chi connectivity index (χ1) is 13.2. The minimum absolute atomic E-state index is 0.287. The van der Waals surface area contributed by atoms with Crippen molar-refractivity contribution in [3.8, 4) is 28.4 Å². The quantitative estimate of drug-likeness (QED) is 0.723. The third-order valence-corrected chi connectivity index (χ3v) is 5.37. The van der Waals surface area contributed by atoms with Gasteiger partial charge in [0.15, 0.2) is 11.5 Å². The number of aromatic nitrogens is 2. The molecule has 27 heavy (non-hydrogen) atoms. The van der Waals surface area contributed by atoms with Crippen molar-refractivity contribution in [1.29, 1.82) is 0 Å². The van der Waals surface area contributed by atoms with Crippen LogP contribution >= 0.6 is 0 Å². The fourth-order valence-corrected chi connectivity index (χ4v) is 3.90. The molecular formula is C22H23N3O2. The lowest BCUT2D eigenvalue weighted by Crippen LogP contribution is -2.08. The van der Waals surface area contributed by atoms with Gasteiger partial charge in [0.2, 0.25) is 6.79 Å². The molecule has 0 aliphatic carbocycles. The summed E-state index contributed by atoms with van der Waals surface area (Å²) in [5.74, 6) is 2.72. The topological polar surface area (TPSA) is 48.3 Å². The number of hydrogen-bond acceptors (Lipinski definition) is 4. The first kappa shape index (κ1) is 16.2. The average molecular weight is 361 g/mol. The summed E-state index contributed by atoms with van der Waals surface area (Å²) in [5.41, 5.74) is 6.97. The van der Waals surface area contributed by atoms with E-state index in [2.05, 4.69) is 48.1 Å². The molecule has 0 radical (unpaired) electrons. The lowest BCUT2D eigenvalue weighted by Gasteiger charge is -2.12. The van der Waals surface area contributed by atoms with Crippen molar-refractivity contribution in [3.63, 3.8) is 0 Å². The van der Waals surface area contributed by atoms with E-state index in [0.29, 0.717) is 0 Å². The number of hydrogen-bond donors (Lipinski definition) is 1. The van der Waals surface area contributed by atoms with E-state index >= 15 is 0 Å².